The zero-order valence-corrected chi connectivity index (χ0v) is 10.2. The third-order valence-corrected chi connectivity index (χ3v) is 4.51. The molecule has 2 rings (SSSR count). The Bertz CT molecular complexity index is 321. The van der Waals surface area contributed by atoms with Crippen molar-refractivity contribution in [1.29, 1.82) is 0 Å². The predicted octanol–water partition coefficient (Wildman–Crippen LogP) is 3.84. The number of hydrogen-bond acceptors (Lipinski definition) is 1. The van der Waals surface area contributed by atoms with Crippen molar-refractivity contribution in [3.05, 3.63) is 34.3 Å². The smallest absolute Gasteiger partial charge is 0.124 e. The summed E-state index contributed by atoms with van der Waals surface area (Å²) in [4.78, 5) is 0. The molecule has 1 aliphatic rings. The standard InChI is InChI=1S/C11H12BrFS/c12-10-4-2-1-3-9(10)7-11(13)5-6-14-8-11/h1-4H,5-8H2. The molecule has 1 unspecified atom stereocenters. The normalized spacial score (nSPS) is 26.7. The monoisotopic (exact) mass is 274 g/mol. The van der Waals surface area contributed by atoms with Gasteiger partial charge in [0.25, 0.3) is 0 Å². The van der Waals surface area contributed by atoms with Gasteiger partial charge in [-0.05, 0) is 23.8 Å². The van der Waals surface area contributed by atoms with Gasteiger partial charge >= 0.3 is 0 Å². The van der Waals surface area contributed by atoms with Crippen LogP contribution in [-0.2, 0) is 6.42 Å². The van der Waals surface area contributed by atoms with Gasteiger partial charge < -0.3 is 0 Å². The van der Waals surface area contributed by atoms with E-state index in [1.54, 1.807) is 11.8 Å². The topological polar surface area (TPSA) is 0 Å². The highest BCUT2D eigenvalue weighted by Crippen LogP contribution is 2.35. The predicted molar refractivity (Wildman–Crippen MR) is 63.6 cm³/mol. The third kappa shape index (κ3) is 2.31. The molecule has 1 aromatic rings. The average Bonchev–Trinajstić information content (AvgIpc) is 2.57. The number of rotatable bonds is 2. The number of thioether (sulfide) groups is 1. The van der Waals surface area contributed by atoms with Gasteiger partial charge in [0.1, 0.15) is 5.67 Å². The summed E-state index contributed by atoms with van der Waals surface area (Å²) in [7, 11) is 0. The summed E-state index contributed by atoms with van der Waals surface area (Å²) in [6.45, 7) is 0. The summed E-state index contributed by atoms with van der Waals surface area (Å²) < 4.78 is 15.2. The maximum absolute atomic E-state index is 14.1. The van der Waals surface area contributed by atoms with Crippen molar-refractivity contribution in [3.63, 3.8) is 0 Å². The summed E-state index contributed by atoms with van der Waals surface area (Å²) >= 11 is 5.17. The van der Waals surface area contributed by atoms with Gasteiger partial charge in [0.15, 0.2) is 0 Å². The van der Waals surface area contributed by atoms with E-state index in [1.165, 1.54) is 0 Å². The maximum atomic E-state index is 14.1. The lowest BCUT2D eigenvalue weighted by atomic mass is 9.96. The fourth-order valence-corrected chi connectivity index (χ4v) is 3.40. The highest BCUT2D eigenvalue weighted by Gasteiger charge is 2.34. The zero-order valence-electron chi connectivity index (χ0n) is 7.80. The van der Waals surface area contributed by atoms with Gasteiger partial charge in [-0.2, -0.15) is 11.8 Å². The molecular weight excluding hydrogens is 263 g/mol. The van der Waals surface area contributed by atoms with Crippen molar-refractivity contribution in [2.45, 2.75) is 18.5 Å². The maximum Gasteiger partial charge on any atom is 0.124 e. The molecule has 1 saturated heterocycles. The lowest BCUT2D eigenvalue weighted by molar-refractivity contribution is 0.199. The van der Waals surface area contributed by atoms with Gasteiger partial charge in [0.2, 0.25) is 0 Å². The Kier molecular flexibility index (Phi) is 3.17. The Morgan fingerprint density at radius 1 is 1.43 bits per heavy atom. The van der Waals surface area contributed by atoms with Crippen LogP contribution in [0.4, 0.5) is 4.39 Å². The van der Waals surface area contributed by atoms with Crippen LogP contribution in [0.3, 0.4) is 0 Å². The molecule has 0 aromatic heterocycles. The second-order valence-electron chi connectivity index (χ2n) is 3.72. The second kappa shape index (κ2) is 4.23. The molecule has 0 aliphatic carbocycles. The molecule has 1 heterocycles. The Morgan fingerprint density at radius 2 is 2.21 bits per heavy atom. The van der Waals surface area contributed by atoms with Gasteiger partial charge in [0.05, 0.1) is 0 Å². The molecule has 76 valence electrons. The molecule has 0 radical (unpaired) electrons. The van der Waals surface area contributed by atoms with Crippen molar-refractivity contribution in [2.24, 2.45) is 0 Å². The second-order valence-corrected chi connectivity index (χ2v) is 5.68. The van der Waals surface area contributed by atoms with Crippen molar-refractivity contribution in [3.8, 4) is 0 Å². The molecule has 0 saturated carbocycles. The van der Waals surface area contributed by atoms with E-state index in [1.807, 2.05) is 24.3 Å². The van der Waals surface area contributed by atoms with E-state index < -0.39 is 5.67 Å². The van der Waals surface area contributed by atoms with Crippen molar-refractivity contribution in [2.75, 3.05) is 11.5 Å². The van der Waals surface area contributed by atoms with Crippen molar-refractivity contribution >= 4 is 27.7 Å². The molecule has 0 spiro atoms. The molecule has 1 aliphatic heterocycles. The van der Waals surface area contributed by atoms with Crippen molar-refractivity contribution < 1.29 is 4.39 Å². The van der Waals surface area contributed by atoms with Gasteiger partial charge in [-0.3, -0.25) is 0 Å². The summed E-state index contributed by atoms with van der Waals surface area (Å²) in [5.74, 6) is 1.61. The van der Waals surface area contributed by atoms with E-state index in [4.69, 9.17) is 0 Å². The van der Waals surface area contributed by atoms with Crippen LogP contribution in [0.25, 0.3) is 0 Å². The lowest BCUT2D eigenvalue weighted by Crippen LogP contribution is -2.25. The first-order chi connectivity index (χ1) is 6.70. The van der Waals surface area contributed by atoms with Crippen LogP contribution >= 0.6 is 27.7 Å². The van der Waals surface area contributed by atoms with Crippen LogP contribution in [0.15, 0.2) is 28.7 Å². The molecule has 1 fully saturated rings. The van der Waals surface area contributed by atoms with E-state index >= 15 is 0 Å². The van der Waals surface area contributed by atoms with Crippen LogP contribution in [0.5, 0.6) is 0 Å². The Balaban J connectivity index is 2.14. The number of benzene rings is 1. The number of alkyl halides is 1. The van der Waals surface area contributed by atoms with Gasteiger partial charge in [-0.1, -0.05) is 34.1 Å². The largest absolute Gasteiger partial charge is 0.243 e. The quantitative estimate of drug-likeness (QED) is 0.790. The average molecular weight is 275 g/mol. The van der Waals surface area contributed by atoms with Crippen LogP contribution in [0, 0.1) is 0 Å². The summed E-state index contributed by atoms with van der Waals surface area (Å²) in [5.41, 5.74) is 0.103. The molecule has 0 nitrogen and oxygen atoms in total. The van der Waals surface area contributed by atoms with Crippen LogP contribution in [0.2, 0.25) is 0 Å². The number of halogens is 2. The van der Waals surface area contributed by atoms with E-state index in [0.717, 1.165) is 15.8 Å². The van der Waals surface area contributed by atoms with Gasteiger partial charge in [0, 0.05) is 16.6 Å². The molecule has 3 heteroatoms. The molecule has 1 atom stereocenters. The molecule has 0 bridgehead atoms. The first-order valence-corrected chi connectivity index (χ1v) is 6.64. The summed E-state index contributed by atoms with van der Waals surface area (Å²) in [5, 5.41) is 0. The molecular formula is C11H12BrFS. The van der Waals surface area contributed by atoms with E-state index in [-0.39, 0.29) is 0 Å². The summed E-state index contributed by atoms with van der Waals surface area (Å²) in [6.07, 6.45) is 1.24. The summed E-state index contributed by atoms with van der Waals surface area (Å²) in [6, 6.07) is 7.89. The highest BCUT2D eigenvalue weighted by atomic mass is 79.9. The highest BCUT2D eigenvalue weighted by molar-refractivity contribution is 9.10. The Morgan fingerprint density at radius 3 is 2.86 bits per heavy atom. The van der Waals surface area contributed by atoms with E-state index in [0.29, 0.717) is 18.6 Å². The minimum Gasteiger partial charge on any atom is -0.243 e. The molecule has 14 heavy (non-hydrogen) atoms. The van der Waals surface area contributed by atoms with Gasteiger partial charge in [-0.15, -0.1) is 0 Å². The third-order valence-electron chi connectivity index (χ3n) is 2.52. The van der Waals surface area contributed by atoms with E-state index in [9.17, 15) is 4.39 Å². The Labute approximate surface area is 96.4 Å². The van der Waals surface area contributed by atoms with Crippen LogP contribution in [0.1, 0.15) is 12.0 Å². The number of hydrogen-bond donors (Lipinski definition) is 0. The minimum absolute atomic E-state index is 0.543. The first-order valence-electron chi connectivity index (χ1n) is 4.70. The van der Waals surface area contributed by atoms with Crippen molar-refractivity contribution in [1.82, 2.24) is 0 Å². The molecule has 0 N–H and O–H groups in total. The van der Waals surface area contributed by atoms with Crippen LogP contribution in [-0.4, -0.2) is 17.2 Å². The fourth-order valence-electron chi connectivity index (χ4n) is 1.70. The SMILES string of the molecule is FC1(Cc2ccccc2Br)CCSC1. The van der Waals surface area contributed by atoms with Crippen LogP contribution < -0.4 is 0 Å². The minimum atomic E-state index is -0.978. The lowest BCUT2D eigenvalue weighted by Gasteiger charge is -2.18. The van der Waals surface area contributed by atoms with E-state index in [2.05, 4.69) is 15.9 Å². The first kappa shape index (κ1) is 10.5. The fraction of sp³-hybridized carbons (Fsp3) is 0.455. The molecule has 0 amide bonds. The van der Waals surface area contributed by atoms with Gasteiger partial charge in [-0.25, -0.2) is 4.39 Å². The zero-order chi connectivity index (χ0) is 10.0. The Hall–Kier alpha value is -0.0200. The molecule has 1 aromatic carbocycles.